The molecule has 0 aliphatic heterocycles. The monoisotopic (exact) mass is 407 g/mol. The molecule has 1 aromatic heterocycles. The molecule has 1 aromatic carbocycles. The summed E-state index contributed by atoms with van der Waals surface area (Å²) in [4.78, 5) is 36.3. The van der Waals surface area contributed by atoms with Crippen LogP contribution >= 0.6 is 11.3 Å². The number of aromatic nitrogens is 1. The minimum atomic E-state index is -0.605. The Balaban J connectivity index is 2.65. The van der Waals surface area contributed by atoms with E-state index in [9.17, 15) is 14.4 Å². The first-order valence-corrected chi connectivity index (χ1v) is 9.13. The van der Waals surface area contributed by atoms with E-state index in [1.54, 1.807) is 38.3 Å². The van der Waals surface area contributed by atoms with Crippen LogP contribution in [0.4, 0.5) is 0 Å². The van der Waals surface area contributed by atoms with Crippen molar-refractivity contribution in [1.82, 2.24) is 4.57 Å². The van der Waals surface area contributed by atoms with Crippen molar-refractivity contribution < 1.29 is 28.5 Å². The van der Waals surface area contributed by atoms with E-state index in [4.69, 9.17) is 14.2 Å². The maximum Gasteiger partial charge on any atom is 0.333 e. The van der Waals surface area contributed by atoms with Crippen LogP contribution < -0.4 is 24.2 Å². The van der Waals surface area contributed by atoms with Crippen LogP contribution in [0, 0.1) is 0 Å². The van der Waals surface area contributed by atoms with Gasteiger partial charge in [-0.25, -0.2) is 4.79 Å². The number of thiazole rings is 1. The highest BCUT2D eigenvalue weighted by atomic mass is 32.1. The third-order valence-corrected chi connectivity index (χ3v) is 4.77. The molecule has 0 aliphatic rings. The molecule has 0 spiro atoms. The average Bonchev–Trinajstić information content (AvgIpc) is 2.96. The molecule has 0 fully saturated rings. The van der Waals surface area contributed by atoms with Crippen LogP contribution in [0.1, 0.15) is 12.5 Å². The fourth-order valence-electron chi connectivity index (χ4n) is 2.35. The van der Waals surface area contributed by atoms with Crippen molar-refractivity contribution in [2.75, 3.05) is 27.9 Å². The lowest BCUT2D eigenvalue weighted by Crippen LogP contribution is -2.34. The summed E-state index contributed by atoms with van der Waals surface area (Å²) in [7, 11) is 4.28. The number of carbonyl (C=O) groups is 2. The Morgan fingerprint density at radius 3 is 2.54 bits per heavy atom. The molecule has 2 aromatic rings. The molecule has 0 bridgehead atoms. The van der Waals surface area contributed by atoms with E-state index in [0.717, 1.165) is 11.3 Å². The lowest BCUT2D eigenvalue weighted by Gasteiger charge is -2.06. The van der Waals surface area contributed by atoms with Gasteiger partial charge in [-0.05, 0) is 25.1 Å². The van der Waals surface area contributed by atoms with Crippen LogP contribution in [-0.2, 0) is 25.6 Å². The molecule has 0 saturated carbocycles. The third-order valence-electron chi connectivity index (χ3n) is 3.71. The molecule has 0 saturated heterocycles. The van der Waals surface area contributed by atoms with E-state index in [-0.39, 0.29) is 17.8 Å². The summed E-state index contributed by atoms with van der Waals surface area (Å²) in [5.41, 5.74) is 0.221. The van der Waals surface area contributed by atoms with Crippen molar-refractivity contribution in [1.29, 1.82) is 0 Å². The zero-order valence-electron chi connectivity index (χ0n) is 16.0. The van der Waals surface area contributed by atoms with Gasteiger partial charge in [0.05, 0.1) is 38.5 Å². The number of carbonyl (C=O) groups excluding carboxylic acids is 2. The van der Waals surface area contributed by atoms with E-state index < -0.39 is 17.5 Å². The number of hydrogen-bond acceptors (Lipinski definition) is 8. The predicted octanol–water partition coefficient (Wildman–Crippen LogP) is 0.272. The third kappa shape index (κ3) is 5.01. The standard InChI is InChI=1S/C19H21NO7S/c1-5-27-17(21)10-16-20(11-18(22)26-4)19(23)15(28-16)8-12-6-7-13(24-2)9-14(12)25-3/h6-10H,5,11H2,1-4H3/b15-8-,16-10-. The molecule has 0 amide bonds. The van der Waals surface area contributed by atoms with Gasteiger partial charge in [-0.1, -0.05) is 0 Å². The van der Waals surface area contributed by atoms with E-state index in [1.807, 2.05) is 0 Å². The number of rotatable bonds is 7. The fourth-order valence-corrected chi connectivity index (χ4v) is 3.37. The first kappa shape index (κ1) is 21.2. The summed E-state index contributed by atoms with van der Waals surface area (Å²) >= 11 is 1.06. The first-order valence-electron chi connectivity index (χ1n) is 8.32. The normalized spacial score (nSPS) is 12.0. The molecule has 2 rings (SSSR count). The largest absolute Gasteiger partial charge is 0.497 e. The number of nitrogens with zero attached hydrogens (tertiary/aromatic N) is 1. The van der Waals surface area contributed by atoms with Gasteiger partial charge in [0.25, 0.3) is 5.56 Å². The summed E-state index contributed by atoms with van der Waals surface area (Å²) in [6.45, 7) is 1.56. The Morgan fingerprint density at radius 1 is 1.18 bits per heavy atom. The molecule has 28 heavy (non-hydrogen) atoms. The molecule has 150 valence electrons. The van der Waals surface area contributed by atoms with Gasteiger partial charge in [-0.2, -0.15) is 0 Å². The highest BCUT2D eigenvalue weighted by Gasteiger charge is 2.12. The minimum absolute atomic E-state index is 0.198. The van der Waals surface area contributed by atoms with Crippen LogP contribution in [0.5, 0.6) is 11.5 Å². The summed E-state index contributed by atoms with van der Waals surface area (Å²) < 4.78 is 21.8. The molecular formula is C19H21NO7S. The van der Waals surface area contributed by atoms with Crippen LogP contribution in [0.15, 0.2) is 23.0 Å². The van der Waals surface area contributed by atoms with Gasteiger partial charge in [-0.15, -0.1) is 11.3 Å². The molecular weight excluding hydrogens is 386 g/mol. The van der Waals surface area contributed by atoms with Gasteiger partial charge in [0.1, 0.15) is 22.7 Å². The van der Waals surface area contributed by atoms with Crippen molar-refractivity contribution in [3.8, 4) is 11.5 Å². The predicted molar refractivity (Wildman–Crippen MR) is 104 cm³/mol. The van der Waals surface area contributed by atoms with Gasteiger partial charge in [0, 0.05) is 11.6 Å². The van der Waals surface area contributed by atoms with Crippen molar-refractivity contribution in [2.24, 2.45) is 0 Å². The summed E-state index contributed by atoms with van der Waals surface area (Å²) in [5, 5.41) is 0. The molecule has 0 radical (unpaired) electrons. The summed E-state index contributed by atoms with van der Waals surface area (Å²) in [6, 6.07) is 5.18. The molecule has 0 unspecified atom stereocenters. The van der Waals surface area contributed by atoms with E-state index in [2.05, 4.69) is 4.74 Å². The average molecular weight is 407 g/mol. The second-order valence-electron chi connectivity index (χ2n) is 5.42. The summed E-state index contributed by atoms with van der Waals surface area (Å²) in [5.74, 6) is -0.0786. The van der Waals surface area contributed by atoms with Crippen molar-refractivity contribution >= 4 is 35.4 Å². The molecule has 1 heterocycles. The van der Waals surface area contributed by atoms with Crippen molar-refractivity contribution in [3.05, 3.63) is 43.3 Å². The van der Waals surface area contributed by atoms with Crippen molar-refractivity contribution in [2.45, 2.75) is 13.5 Å². The van der Waals surface area contributed by atoms with E-state index in [0.29, 0.717) is 21.6 Å². The maximum atomic E-state index is 12.8. The molecule has 0 atom stereocenters. The zero-order chi connectivity index (χ0) is 20.7. The number of methoxy groups -OCH3 is 3. The van der Waals surface area contributed by atoms with E-state index >= 15 is 0 Å². The van der Waals surface area contributed by atoms with Gasteiger partial charge in [0.2, 0.25) is 0 Å². The zero-order valence-corrected chi connectivity index (χ0v) is 16.8. The highest BCUT2D eigenvalue weighted by Crippen LogP contribution is 2.24. The van der Waals surface area contributed by atoms with Gasteiger partial charge < -0.3 is 18.9 Å². The lowest BCUT2D eigenvalue weighted by molar-refractivity contribution is -0.141. The van der Waals surface area contributed by atoms with Crippen LogP contribution in [-0.4, -0.2) is 44.4 Å². The Morgan fingerprint density at radius 2 is 1.93 bits per heavy atom. The lowest BCUT2D eigenvalue weighted by atomic mass is 10.2. The molecule has 8 nitrogen and oxygen atoms in total. The quantitative estimate of drug-likeness (QED) is 0.609. The Kier molecular flexibility index (Phi) is 7.39. The summed E-state index contributed by atoms with van der Waals surface area (Å²) in [6.07, 6.45) is 2.81. The minimum Gasteiger partial charge on any atom is -0.497 e. The second kappa shape index (κ2) is 9.75. The van der Waals surface area contributed by atoms with Crippen molar-refractivity contribution in [3.63, 3.8) is 0 Å². The van der Waals surface area contributed by atoms with E-state index in [1.165, 1.54) is 24.9 Å². The van der Waals surface area contributed by atoms with Crippen LogP contribution in [0.3, 0.4) is 0 Å². The maximum absolute atomic E-state index is 12.8. The highest BCUT2D eigenvalue weighted by molar-refractivity contribution is 7.07. The Bertz CT molecular complexity index is 1040. The number of hydrogen-bond donors (Lipinski definition) is 0. The van der Waals surface area contributed by atoms with Crippen LogP contribution in [0.25, 0.3) is 12.2 Å². The molecule has 9 heteroatoms. The second-order valence-corrected chi connectivity index (χ2v) is 6.48. The fraction of sp³-hybridized carbons (Fsp3) is 0.316. The smallest absolute Gasteiger partial charge is 0.333 e. The SMILES string of the molecule is CCOC(=O)/C=c1\s/c(=C\c2ccc(OC)cc2OC)c(=O)n1CC(=O)OC. The van der Waals surface area contributed by atoms with Gasteiger partial charge >= 0.3 is 11.9 Å². The number of ether oxygens (including phenoxy) is 4. The molecule has 0 N–H and O–H groups in total. The Hall–Kier alpha value is -3.07. The van der Waals surface area contributed by atoms with Crippen LogP contribution in [0.2, 0.25) is 0 Å². The van der Waals surface area contributed by atoms with Gasteiger partial charge in [-0.3, -0.25) is 14.2 Å². The number of benzene rings is 1. The Labute approximate surface area is 165 Å². The van der Waals surface area contributed by atoms with Gasteiger partial charge in [0.15, 0.2) is 0 Å². The first-order chi connectivity index (χ1) is 13.4. The molecule has 0 aliphatic carbocycles. The number of esters is 2. The topological polar surface area (TPSA) is 93.1 Å².